The molecule has 0 aromatic heterocycles. The lowest BCUT2D eigenvalue weighted by Crippen LogP contribution is -2.41. The smallest absolute Gasteiger partial charge is 0.271 e. The molecule has 8 heteroatoms. The Hall–Kier alpha value is -1.67. The van der Waals surface area contributed by atoms with Crippen LogP contribution in [0.15, 0.2) is 23.1 Å². The van der Waals surface area contributed by atoms with E-state index < -0.39 is 14.9 Å². The van der Waals surface area contributed by atoms with E-state index in [2.05, 4.69) is 0 Å². The standard InChI is InChI=1S/C11H15N3O4S/c1-13(8-3-2-4-8)19(17,18)11-6-5-9(14(15)16)7-10(11)12/h5-8H,2-4,12H2,1H3. The number of nitrogen functional groups attached to an aromatic ring is 1. The molecule has 0 unspecified atom stereocenters. The van der Waals surface area contributed by atoms with Gasteiger partial charge in [0.2, 0.25) is 10.0 Å². The second-order valence-corrected chi connectivity index (χ2v) is 6.55. The van der Waals surface area contributed by atoms with Crippen LogP contribution in [0.5, 0.6) is 0 Å². The summed E-state index contributed by atoms with van der Waals surface area (Å²) < 4.78 is 26.0. The molecule has 1 aliphatic carbocycles. The molecule has 1 aromatic rings. The summed E-state index contributed by atoms with van der Waals surface area (Å²) in [6.45, 7) is 0. The zero-order valence-electron chi connectivity index (χ0n) is 10.4. The third-order valence-corrected chi connectivity index (χ3v) is 5.43. The predicted molar refractivity (Wildman–Crippen MR) is 70.1 cm³/mol. The van der Waals surface area contributed by atoms with E-state index in [-0.39, 0.29) is 22.3 Å². The van der Waals surface area contributed by atoms with Crippen LogP contribution in [-0.2, 0) is 10.0 Å². The van der Waals surface area contributed by atoms with Gasteiger partial charge in [0.05, 0.1) is 10.6 Å². The molecule has 1 saturated carbocycles. The van der Waals surface area contributed by atoms with Crippen LogP contribution in [0.3, 0.4) is 0 Å². The van der Waals surface area contributed by atoms with Crippen LogP contribution >= 0.6 is 0 Å². The van der Waals surface area contributed by atoms with Crippen molar-refractivity contribution in [2.24, 2.45) is 0 Å². The fourth-order valence-corrected chi connectivity index (χ4v) is 3.50. The van der Waals surface area contributed by atoms with E-state index in [1.807, 2.05) is 0 Å². The third-order valence-electron chi connectivity index (χ3n) is 3.45. The van der Waals surface area contributed by atoms with Crippen molar-refractivity contribution in [3.63, 3.8) is 0 Å². The number of anilines is 1. The van der Waals surface area contributed by atoms with Crippen molar-refractivity contribution in [2.45, 2.75) is 30.2 Å². The van der Waals surface area contributed by atoms with Crippen molar-refractivity contribution in [3.8, 4) is 0 Å². The Balaban J connectivity index is 2.37. The van der Waals surface area contributed by atoms with Crippen molar-refractivity contribution >= 4 is 21.4 Å². The Morgan fingerprint density at radius 2 is 2.05 bits per heavy atom. The molecular weight excluding hydrogens is 270 g/mol. The fourth-order valence-electron chi connectivity index (χ4n) is 1.99. The molecule has 1 fully saturated rings. The van der Waals surface area contributed by atoms with Crippen molar-refractivity contribution in [1.29, 1.82) is 0 Å². The topological polar surface area (TPSA) is 107 Å². The van der Waals surface area contributed by atoms with Gasteiger partial charge < -0.3 is 5.73 Å². The number of rotatable bonds is 4. The first kappa shape index (κ1) is 13.8. The zero-order valence-corrected chi connectivity index (χ0v) is 11.3. The molecule has 0 saturated heterocycles. The molecule has 0 bridgehead atoms. The molecule has 0 amide bonds. The molecule has 2 rings (SSSR count). The first-order chi connectivity index (χ1) is 8.84. The molecule has 19 heavy (non-hydrogen) atoms. The second-order valence-electron chi connectivity index (χ2n) is 4.59. The van der Waals surface area contributed by atoms with Crippen molar-refractivity contribution in [1.82, 2.24) is 4.31 Å². The van der Waals surface area contributed by atoms with Crippen LogP contribution in [0, 0.1) is 10.1 Å². The highest BCUT2D eigenvalue weighted by Gasteiger charge is 2.33. The van der Waals surface area contributed by atoms with E-state index in [0.717, 1.165) is 31.4 Å². The van der Waals surface area contributed by atoms with Gasteiger partial charge in [-0.3, -0.25) is 10.1 Å². The molecule has 0 radical (unpaired) electrons. The number of hydrogen-bond donors (Lipinski definition) is 1. The quantitative estimate of drug-likeness (QED) is 0.510. The maximum Gasteiger partial charge on any atom is 0.271 e. The SMILES string of the molecule is CN(C1CCC1)S(=O)(=O)c1ccc([N+](=O)[O-])cc1N. The Morgan fingerprint density at radius 3 is 2.47 bits per heavy atom. The summed E-state index contributed by atoms with van der Waals surface area (Å²) in [5.41, 5.74) is 5.32. The number of nitrogens with zero attached hydrogens (tertiary/aromatic N) is 2. The highest BCUT2D eigenvalue weighted by atomic mass is 32.2. The molecule has 1 aromatic carbocycles. The number of nitrogens with two attached hydrogens (primary N) is 1. The van der Waals surface area contributed by atoms with Gasteiger partial charge in [0.25, 0.3) is 5.69 Å². The molecule has 1 aliphatic rings. The molecular formula is C11H15N3O4S. The Bertz CT molecular complexity index is 610. The van der Waals surface area contributed by atoms with Gasteiger partial charge in [-0.2, -0.15) is 4.31 Å². The summed E-state index contributed by atoms with van der Waals surface area (Å²) in [5.74, 6) is 0. The lowest BCUT2D eigenvalue weighted by atomic mass is 9.94. The molecule has 0 atom stereocenters. The van der Waals surface area contributed by atoms with E-state index in [1.54, 1.807) is 0 Å². The van der Waals surface area contributed by atoms with Crippen LogP contribution in [0.2, 0.25) is 0 Å². The number of sulfonamides is 1. The van der Waals surface area contributed by atoms with Gasteiger partial charge in [-0.25, -0.2) is 8.42 Å². The molecule has 0 spiro atoms. The molecule has 0 aliphatic heterocycles. The summed E-state index contributed by atoms with van der Waals surface area (Å²) in [5, 5.41) is 10.6. The molecule has 7 nitrogen and oxygen atoms in total. The monoisotopic (exact) mass is 285 g/mol. The Morgan fingerprint density at radius 1 is 1.42 bits per heavy atom. The van der Waals surface area contributed by atoms with E-state index in [0.29, 0.717) is 0 Å². The summed E-state index contributed by atoms with van der Waals surface area (Å²) in [7, 11) is -2.17. The first-order valence-electron chi connectivity index (χ1n) is 5.86. The van der Waals surface area contributed by atoms with Gasteiger partial charge in [-0.15, -0.1) is 0 Å². The van der Waals surface area contributed by atoms with E-state index in [4.69, 9.17) is 5.73 Å². The lowest BCUT2D eigenvalue weighted by Gasteiger charge is -2.33. The van der Waals surface area contributed by atoms with Crippen LogP contribution < -0.4 is 5.73 Å². The highest BCUT2D eigenvalue weighted by molar-refractivity contribution is 7.89. The average molecular weight is 285 g/mol. The van der Waals surface area contributed by atoms with E-state index in [1.165, 1.54) is 17.4 Å². The summed E-state index contributed by atoms with van der Waals surface area (Å²) >= 11 is 0. The molecule has 2 N–H and O–H groups in total. The molecule has 104 valence electrons. The second kappa shape index (κ2) is 4.78. The molecule has 0 heterocycles. The predicted octanol–water partition coefficient (Wildman–Crippen LogP) is 1.35. The lowest BCUT2D eigenvalue weighted by molar-refractivity contribution is -0.384. The van der Waals surface area contributed by atoms with Crippen molar-refractivity contribution in [2.75, 3.05) is 12.8 Å². The fraction of sp³-hybridized carbons (Fsp3) is 0.455. The minimum atomic E-state index is -3.69. The van der Waals surface area contributed by atoms with Crippen LogP contribution in [0.1, 0.15) is 19.3 Å². The van der Waals surface area contributed by atoms with Gasteiger partial charge in [-0.05, 0) is 18.9 Å². The Kier molecular flexibility index (Phi) is 3.46. The average Bonchev–Trinajstić information content (AvgIpc) is 2.25. The summed E-state index contributed by atoms with van der Waals surface area (Å²) in [6, 6.07) is 3.41. The zero-order chi connectivity index (χ0) is 14.2. The minimum absolute atomic E-state index is 0.000378. The number of benzene rings is 1. The summed E-state index contributed by atoms with van der Waals surface area (Å²) in [6.07, 6.45) is 2.69. The van der Waals surface area contributed by atoms with E-state index >= 15 is 0 Å². The largest absolute Gasteiger partial charge is 0.397 e. The van der Waals surface area contributed by atoms with Gasteiger partial charge >= 0.3 is 0 Å². The van der Waals surface area contributed by atoms with Crippen molar-refractivity contribution < 1.29 is 13.3 Å². The van der Waals surface area contributed by atoms with Crippen LogP contribution in [-0.4, -0.2) is 30.7 Å². The van der Waals surface area contributed by atoms with Gasteiger partial charge in [0.15, 0.2) is 0 Å². The Labute approximate surface area is 111 Å². The highest BCUT2D eigenvalue weighted by Crippen LogP contribution is 2.31. The number of hydrogen-bond acceptors (Lipinski definition) is 5. The van der Waals surface area contributed by atoms with E-state index in [9.17, 15) is 18.5 Å². The number of non-ortho nitro benzene ring substituents is 1. The maximum absolute atomic E-state index is 12.3. The maximum atomic E-state index is 12.3. The first-order valence-corrected chi connectivity index (χ1v) is 7.30. The van der Waals surface area contributed by atoms with Gasteiger partial charge in [0.1, 0.15) is 4.90 Å². The number of nitro groups is 1. The van der Waals surface area contributed by atoms with Gasteiger partial charge in [-0.1, -0.05) is 6.42 Å². The minimum Gasteiger partial charge on any atom is -0.397 e. The number of nitro benzene ring substituents is 1. The summed E-state index contributed by atoms with van der Waals surface area (Å²) in [4.78, 5) is 9.92. The normalized spacial score (nSPS) is 16.3. The van der Waals surface area contributed by atoms with Crippen LogP contribution in [0.4, 0.5) is 11.4 Å². The van der Waals surface area contributed by atoms with Crippen molar-refractivity contribution in [3.05, 3.63) is 28.3 Å². The van der Waals surface area contributed by atoms with Crippen LogP contribution in [0.25, 0.3) is 0 Å². The van der Waals surface area contributed by atoms with Gasteiger partial charge in [0, 0.05) is 25.2 Å². The third kappa shape index (κ3) is 2.41.